The third kappa shape index (κ3) is 3.41. The molecule has 0 saturated heterocycles. The Morgan fingerprint density at radius 3 is 2.04 bits per heavy atom. The van der Waals surface area contributed by atoms with Gasteiger partial charge >= 0.3 is 0 Å². The van der Waals surface area contributed by atoms with Gasteiger partial charge in [-0.25, -0.2) is 4.98 Å². The maximum atomic E-state index is 4.90. The first-order chi connectivity index (χ1) is 11.9. The molecule has 2 heterocycles. The minimum Gasteiger partial charge on any atom is -0.340 e. The molecule has 0 saturated carbocycles. The van der Waals surface area contributed by atoms with E-state index in [0.717, 1.165) is 11.5 Å². The lowest BCUT2D eigenvalue weighted by molar-refractivity contribution is 0.618. The number of nitrogens with zero attached hydrogens (tertiary/aromatic N) is 2. The fourth-order valence-corrected chi connectivity index (χ4v) is 3.34. The Balaban J connectivity index is 2.08. The molecule has 3 heteroatoms. The fraction of sp³-hybridized carbons (Fsp3) is 0.409. The second-order valence-corrected chi connectivity index (χ2v) is 7.67. The van der Waals surface area contributed by atoms with Crippen LogP contribution < -0.4 is 5.32 Å². The van der Waals surface area contributed by atoms with E-state index in [9.17, 15) is 0 Å². The van der Waals surface area contributed by atoms with Crippen LogP contribution in [-0.2, 0) is 0 Å². The van der Waals surface area contributed by atoms with Crippen molar-refractivity contribution in [2.75, 3.05) is 5.32 Å². The second-order valence-electron chi connectivity index (χ2n) is 7.67. The summed E-state index contributed by atoms with van der Waals surface area (Å²) < 4.78 is 2.22. The molecule has 0 bridgehead atoms. The van der Waals surface area contributed by atoms with Gasteiger partial charge in [0.15, 0.2) is 0 Å². The summed E-state index contributed by atoms with van der Waals surface area (Å²) in [5, 5.41) is 4.81. The zero-order chi connectivity index (χ0) is 18.1. The Kier molecular flexibility index (Phi) is 4.85. The molecule has 132 valence electrons. The van der Waals surface area contributed by atoms with E-state index in [-0.39, 0.29) is 0 Å². The van der Waals surface area contributed by atoms with E-state index in [1.54, 1.807) is 0 Å². The van der Waals surface area contributed by atoms with Crippen LogP contribution in [0.3, 0.4) is 0 Å². The highest BCUT2D eigenvalue weighted by molar-refractivity contribution is 5.79. The molecule has 0 amide bonds. The highest BCUT2D eigenvalue weighted by Gasteiger charge is 2.15. The normalized spacial score (nSPS) is 11.9. The number of pyridine rings is 1. The standard InChI is InChI=1S/C22H29N3/c1-14(2)18-8-7-9-19(15(3)4)21(18)23-20-11-10-17-12-13-25(16(5)6)22(17)24-20/h7-16H,1-6H3,(H,23,24). The molecule has 2 aromatic heterocycles. The monoisotopic (exact) mass is 335 g/mol. The summed E-state index contributed by atoms with van der Waals surface area (Å²) in [6.45, 7) is 13.3. The molecule has 25 heavy (non-hydrogen) atoms. The number of nitrogens with one attached hydrogen (secondary N) is 1. The van der Waals surface area contributed by atoms with Crippen LogP contribution >= 0.6 is 0 Å². The first-order valence-corrected chi connectivity index (χ1v) is 9.26. The number of para-hydroxylation sites is 1. The second kappa shape index (κ2) is 6.91. The van der Waals surface area contributed by atoms with Crippen molar-refractivity contribution in [3.05, 3.63) is 53.7 Å². The fourth-order valence-electron chi connectivity index (χ4n) is 3.34. The number of rotatable bonds is 5. The van der Waals surface area contributed by atoms with E-state index in [1.807, 2.05) is 0 Å². The van der Waals surface area contributed by atoms with E-state index in [2.05, 4.69) is 94.0 Å². The van der Waals surface area contributed by atoms with Crippen LogP contribution in [0.4, 0.5) is 11.5 Å². The van der Waals surface area contributed by atoms with Crippen LogP contribution in [0.2, 0.25) is 0 Å². The maximum absolute atomic E-state index is 4.90. The topological polar surface area (TPSA) is 29.9 Å². The third-order valence-electron chi connectivity index (χ3n) is 4.75. The Bertz CT molecular complexity index is 846. The van der Waals surface area contributed by atoms with Crippen LogP contribution in [0.1, 0.15) is 70.5 Å². The van der Waals surface area contributed by atoms with Gasteiger partial charge in [-0.2, -0.15) is 0 Å². The summed E-state index contributed by atoms with van der Waals surface area (Å²) >= 11 is 0. The highest BCUT2D eigenvalue weighted by Crippen LogP contribution is 2.34. The molecule has 3 nitrogen and oxygen atoms in total. The van der Waals surface area contributed by atoms with Gasteiger partial charge in [-0.05, 0) is 55.0 Å². The van der Waals surface area contributed by atoms with E-state index < -0.39 is 0 Å². The zero-order valence-electron chi connectivity index (χ0n) is 16.2. The van der Waals surface area contributed by atoms with Crippen molar-refractivity contribution in [1.82, 2.24) is 9.55 Å². The molecule has 1 aromatic carbocycles. The quantitative estimate of drug-likeness (QED) is 0.568. The molecule has 0 aliphatic heterocycles. The predicted molar refractivity (Wildman–Crippen MR) is 108 cm³/mol. The van der Waals surface area contributed by atoms with Crippen LogP contribution in [-0.4, -0.2) is 9.55 Å². The Morgan fingerprint density at radius 1 is 0.840 bits per heavy atom. The van der Waals surface area contributed by atoms with Gasteiger partial charge in [0.1, 0.15) is 11.5 Å². The molecule has 0 aliphatic rings. The predicted octanol–water partition coefficient (Wildman–Crippen LogP) is 6.61. The molecule has 0 unspecified atom stereocenters. The molecule has 0 atom stereocenters. The first-order valence-electron chi connectivity index (χ1n) is 9.26. The van der Waals surface area contributed by atoms with Gasteiger partial charge in [-0.3, -0.25) is 0 Å². The molecule has 0 spiro atoms. The van der Waals surface area contributed by atoms with Crippen molar-refractivity contribution in [3.8, 4) is 0 Å². The molecule has 0 radical (unpaired) electrons. The Hall–Kier alpha value is -2.29. The zero-order valence-corrected chi connectivity index (χ0v) is 16.2. The summed E-state index contributed by atoms with van der Waals surface area (Å²) in [6.07, 6.45) is 2.12. The van der Waals surface area contributed by atoms with Crippen molar-refractivity contribution in [2.24, 2.45) is 0 Å². The Morgan fingerprint density at radius 2 is 1.48 bits per heavy atom. The van der Waals surface area contributed by atoms with Gasteiger partial charge in [0.2, 0.25) is 0 Å². The lowest BCUT2D eigenvalue weighted by atomic mass is 9.92. The van der Waals surface area contributed by atoms with Crippen molar-refractivity contribution < 1.29 is 0 Å². The van der Waals surface area contributed by atoms with Gasteiger partial charge in [0.25, 0.3) is 0 Å². The number of hydrogen-bond donors (Lipinski definition) is 1. The molecule has 3 aromatic rings. The van der Waals surface area contributed by atoms with Crippen molar-refractivity contribution in [1.29, 1.82) is 0 Å². The lowest BCUT2D eigenvalue weighted by Gasteiger charge is -2.20. The lowest BCUT2D eigenvalue weighted by Crippen LogP contribution is -2.06. The molecular formula is C22H29N3. The van der Waals surface area contributed by atoms with Gasteiger partial charge in [0.05, 0.1) is 0 Å². The van der Waals surface area contributed by atoms with Gasteiger partial charge in [-0.1, -0.05) is 45.9 Å². The minimum absolute atomic E-state index is 0.398. The minimum atomic E-state index is 0.398. The number of benzene rings is 1. The van der Waals surface area contributed by atoms with Crippen LogP contribution in [0.25, 0.3) is 11.0 Å². The highest BCUT2D eigenvalue weighted by atomic mass is 15.1. The van der Waals surface area contributed by atoms with Crippen LogP contribution in [0, 0.1) is 0 Å². The third-order valence-corrected chi connectivity index (χ3v) is 4.75. The van der Waals surface area contributed by atoms with Gasteiger partial charge in [0, 0.05) is 23.3 Å². The molecule has 0 fully saturated rings. The first kappa shape index (κ1) is 17.5. The summed E-state index contributed by atoms with van der Waals surface area (Å²) in [5.41, 5.74) is 4.93. The summed E-state index contributed by atoms with van der Waals surface area (Å²) in [7, 11) is 0. The molecule has 0 aliphatic carbocycles. The van der Waals surface area contributed by atoms with Gasteiger partial charge in [-0.15, -0.1) is 0 Å². The average molecular weight is 335 g/mol. The van der Waals surface area contributed by atoms with Crippen molar-refractivity contribution >= 4 is 22.5 Å². The Labute approximate surface area is 151 Å². The maximum Gasteiger partial charge on any atom is 0.142 e. The smallest absolute Gasteiger partial charge is 0.142 e. The average Bonchev–Trinajstić information content (AvgIpc) is 2.98. The van der Waals surface area contributed by atoms with E-state index in [4.69, 9.17) is 4.98 Å². The van der Waals surface area contributed by atoms with E-state index in [1.165, 1.54) is 22.2 Å². The molecule has 1 N–H and O–H groups in total. The van der Waals surface area contributed by atoms with Crippen LogP contribution in [0.5, 0.6) is 0 Å². The number of aromatic nitrogens is 2. The summed E-state index contributed by atoms with van der Waals surface area (Å²) in [4.78, 5) is 4.90. The van der Waals surface area contributed by atoms with Gasteiger partial charge < -0.3 is 9.88 Å². The van der Waals surface area contributed by atoms with Crippen molar-refractivity contribution in [3.63, 3.8) is 0 Å². The number of fused-ring (bicyclic) bond motifs is 1. The van der Waals surface area contributed by atoms with E-state index in [0.29, 0.717) is 17.9 Å². The summed E-state index contributed by atoms with van der Waals surface area (Å²) in [5.74, 6) is 1.83. The number of hydrogen-bond acceptors (Lipinski definition) is 2. The number of anilines is 2. The largest absolute Gasteiger partial charge is 0.340 e. The molecule has 3 rings (SSSR count). The van der Waals surface area contributed by atoms with E-state index >= 15 is 0 Å². The van der Waals surface area contributed by atoms with Crippen molar-refractivity contribution in [2.45, 2.75) is 59.4 Å². The van der Waals surface area contributed by atoms with Crippen LogP contribution in [0.15, 0.2) is 42.6 Å². The SMILES string of the molecule is CC(C)c1cccc(C(C)C)c1Nc1ccc2ccn(C(C)C)c2n1. The molecular weight excluding hydrogens is 306 g/mol. The summed E-state index contributed by atoms with van der Waals surface area (Å²) in [6, 6.07) is 13.4.